The normalized spacial score (nSPS) is 10.6. The molecular weight excluding hydrogens is 279 g/mol. The van der Waals surface area contributed by atoms with Crippen LogP contribution in [0.1, 0.15) is 17.4 Å². The van der Waals surface area contributed by atoms with Crippen molar-refractivity contribution in [2.24, 2.45) is 0 Å². The number of hydrogen-bond donors (Lipinski definition) is 0. The molecule has 0 spiro atoms. The number of Topliss-reactive ketones (excluding diaryl/α,β-unsaturated/α-hetero) is 1. The topological polar surface area (TPSA) is 44.1 Å². The third kappa shape index (κ3) is 3.19. The minimum Gasteiger partial charge on any atom is -0.493 e. The van der Waals surface area contributed by atoms with Crippen LogP contribution in [0, 0.1) is 5.82 Å². The number of aryl methyl sites for hydroxylation is 1. The van der Waals surface area contributed by atoms with Crippen LogP contribution in [0.3, 0.4) is 0 Å². The van der Waals surface area contributed by atoms with Crippen molar-refractivity contribution in [2.75, 3.05) is 12.9 Å². The number of rotatable bonds is 6. The van der Waals surface area contributed by atoms with E-state index in [4.69, 9.17) is 4.74 Å². The summed E-state index contributed by atoms with van der Waals surface area (Å²) in [5.74, 6) is 0.289. The van der Waals surface area contributed by atoms with Crippen LogP contribution in [-0.2, 0) is 6.54 Å². The number of aromatic nitrogens is 2. The summed E-state index contributed by atoms with van der Waals surface area (Å²) in [6, 6.07) is 6.18. The van der Waals surface area contributed by atoms with E-state index in [1.165, 1.54) is 37.2 Å². The molecule has 20 heavy (non-hydrogen) atoms. The molecule has 1 aromatic carbocycles. The second-order valence-electron chi connectivity index (χ2n) is 4.05. The fourth-order valence-electron chi connectivity index (χ4n) is 1.81. The van der Waals surface area contributed by atoms with Gasteiger partial charge in [0.15, 0.2) is 11.5 Å². The molecule has 0 amide bonds. The third-order valence-corrected chi connectivity index (χ3v) is 3.75. The summed E-state index contributed by atoms with van der Waals surface area (Å²) in [4.78, 5) is 13.0. The maximum atomic E-state index is 13.1. The maximum absolute atomic E-state index is 13.1. The number of methoxy groups -OCH3 is 1. The standard InChI is InChI=1S/C14H15FN2O2S/c1-3-17-14(13(19-2)8-16-17)12(18)9-20-11-6-4-5-10(15)7-11/h4-8H,3,9H2,1-2H3. The van der Waals surface area contributed by atoms with Crippen molar-refractivity contribution < 1.29 is 13.9 Å². The summed E-state index contributed by atoms with van der Waals surface area (Å²) < 4.78 is 19.8. The lowest BCUT2D eigenvalue weighted by Crippen LogP contribution is -2.12. The number of ketones is 1. The highest BCUT2D eigenvalue weighted by Gasteiger charge is 2.18. The summed E-state index contributed by atoms with van der Waals surface area (Å²) in [6.45, 7) is 2.50. The molecule has 1 aromatic heterocycles. The molecule has 0 aliphatic carbocycles. The molecule has 2 rings (SSSR count). The number of hydrogen-bond acceptors (Lipinski definition) is 4. The fraction of sp³-hybridized carbons (Fsp3) is 0.286. The highest BCUT2D eigenvalue weighted by atomic mass is 32.2. The monoisotopic (exact) mass is 294 g/mol. The third-order valence-electron chi connectivity index (χ3n) is 2.76. The van der Waals surface area contributed by atoms with E-state index in [2.05, 4.69) is 5.10 Å². The van der Waals surface area contributed by atoms with E-state index in [1.807, 2.05) is 6.92 Å². The molecule has 6 heteroatoms. The number of halogens is 1. The minimum absolute atomic E-state index is 0.0875. The van der Waals surface area contributed by atoms with Crippen LogP contribution in [0.4, 0.5) is 4.39 Å². The summed E-state index contributed by atoms with van der Waals surface area (Å²) in [5.41, 5.74) is 0.457. The van der Waals surface area contributed by atoms with Gasteiger partial charge in [0.25, 0.3) is 0 Å². The number of nitrogens with zero attached hydrogens (tertiary/aromatic N) is 2. The van der Waals surface area contributed by atoms with E-state index in [9.17, 15) is 9.18 Å². The quantitative estimate of drug-likeness (QED) is 0.607. The van der Waals surface area contributed by atoms with E-state index in [0.717, 1.165) is 4.90 Å². The first-order chi connectivity index (χ1) is 9.65. The zero-order valence-electron chi connectivity index (χ0n) is 11.3. The predicted molar refractivity (Wildman–Crippen MR) is 75.9 cm³/mol. The summed E-state index contributed by atoms with van der Waals surface area (Å²) >= 11 is 1.29. The molecule has 0 saturated heterocycles. The van der Waals surface area contributed by atoms with E-state index >= 15 is 0 Å². The molecule has 0 aliphatic heterocycles. The Bertz CT molecular complexity index is 591. The van der Waals surface area contributed by atoms with Crippen molar-refractivity contribution in [1.82, 2.24) is 9.78 Å². The van der Waals surface area contributed by atoms with Gasteiger partial charge in [-0.2, -0.15) is 5.10 Å². The zero-order chi connectivity index (χ0) is 14.5. The van der Waals surface area contributed by atoms with Gasteiger partial charge in [-0.05, 0) is 25.1 Å². The second kappa shape index (κ2) is 6.56. The first-order valence-corrected chi connectivity index (χ1v) is 7.15. The summed E-state index contributed by atoms with van der Waals surface area (Å²) in [6.07, 6.45) is 1.53. The smallest absolute Gasteiger partial charge is 0.194 e. The Labute approximate surface area is 120 Å². The van der Waals surface area contributed by atoms with Gasteiger partial charge in [-0.1, -0.05) is 6.07 Å². The van der Waals surface area contributed by atoms with Crippen molar-refractivity contribution in [3.8, 4) is 5.75 Å². The van der Waals surface area contributed by atoms with Gasteiger partial charge in [-0.25, -0.2) is 4.39 Å². The van der Waals surface area contributed by atoms with Crippen LogP contribution in [-0.4, -0.2) is 28.4 Å². The molecule has 0 N–H and O–H groups in total. The summed E-state index contributed by atoms with van der Waals surface area (Å²) in [7, 11) is 1.51. The molecule has 0 fully saturated rings. The number of ether oxygens (including phenoxy) is 1. The van der Waals surface area contributed by atoms with Gasteiger partial charge >= 0.3 is 0 Å². The molecule has 0 radical (unpaired) electrons. The van der Waals surface area contributed by atoms with Gasteiger partial charge in [0, 0.05) is 11.4 Å². The highest BCUT2D eigenvalue weighted by Crippen LogP contribution is 2.23. The van der Waals surface area contributed by atoms with Crippen LogP contribution in [0.15, 0.2) is 35.4 Å². The molecule has 0 unspecified atom stereocenters. The minimum atomic E-state index is -0.307. The number of thioether (sulfide) groups is 1. The van der Waals surface area contributed by atoms with E-state index in [-0.39, 0.29) is 17.4 Å². The molecular formula is C14H15FN2O2S. The van der Waals surface area contributed by atoms with Crippen molar-refractivity contribution in [3.63, 3.8) is 0 Å². The van der Waals surface area contributed by atoms with Gasteiger partial charge in [-0.3, -0.25) is 9.48 Å². The van der Waals surface area contributed by atoms with Gasteiger partial charge < -0.3 is 4.74 Å². The van der Waals surface area contributed by atoms with Crippen LogP contribution < -0.4 is 4.74 Å². The fourth-order valence-corrected chi connectivity index (χ4v) is 2.62. The molecule has 106 valence electrons. The predicted octanol–water partition coefficient (Wildman–Crippen LogP) is 3.03. The Morgan fingerprint density at radius 3 is 2.95 bits per heavy atom. The lowest BCUT2D eigenvalue weighted by Gasteiger charge is -2.06. The van der Waals surface area contributed by atoms with Crippen LogP contribution in [0.5, 0.6) is 5.75 Å². The lowest BCUT2D eigenvalue weighted by molar-refractivity contribution is 0.100. The Morgan fingerprint density at radius 2 is 2.30 bits per heavy atom. The van der Waals surface area contributed by atoms with Gasteiger partial charge in [0.2, 0.25) is 0 Å². The van der Waals surface area contributed by atoms with Gasteiger partial charge in [0.1, 0.15) is 11.5 Å². The average molecular weight is 294 g/mol. The van der Waals surface area contributed by atoms with E-state index in [1.54, 1.807) is 16.8 Å². The van der Waals surface area contributed by atoms with Crippen molar-refractivity contribution in [2.45, 2.75) is 18.4 Å². The van der Waals surface area contributed by atoms with E-state index < -0.39 is 0 Å². The molecule has 0 atom stereocenters. The van der Waals surface area contributed by atoms with Crippen molar-refractivity contribution in [3.05, 3.63) is 42.0 Å². The number of carbonyl (C=O) groups excluding carboxylic acids is 1. The zero-order valence-corrected chi connectivity index (χ0v) is 12.1. The second-order valence-corrected chi connectivity index (χ2v) is 5.10. The SMILES string of the molecule is CCn1ncc(OC)c1C(=O)CSc1cccc(F)c1. The lowest BCUT2D eigenvalue weighted by atomic mass is 10.3. The first-order valence-electron chi connectivity index (χ1n) is 6.17. The van der Waals surface area contributed by atoms with Crippen molar-refractivity contribution in [1.29, 1.82) is 0 Å². The highest BCUT2D eigenvalue weighted by molar-refractivity contribution is 8.00. The Hall–Kier alpha value is -1.82. The number of carbonyl (C=O) groups is 1. The Morgan fingerprint density at radius 1 is 1.50 bits per heavy atom. The number of benzene rings is 1. The van der Waals surface area contributed by atoms with E-state index in [0.29, 0.717) is 18.0 Å². The van der Waals surface area contributed by atoms with Crippen molar-refractivity contribution >= 4 is 17.5 Å². The van der Waals surface area contributed by atoms with Gasteiger partial charge in [-0.15, -0.1) is 11.8 Å². The molecule has 4 nitrogen and oxygen atoms in total. The maximum Gasteiger partial charge on any atom is 0.194 e. The largest absolute Gasteiger partial charge is 0.493 e. The molecule has 0 bridgehead atoms. The first kappa shape index (κ1) is 14.6. The van der Waals surface area contributed by atoms with Crippen LogP contribution >= 0.6 is 11.8 Å². The Balaban J connectivity index is 2.10. The molecule has 0 aliphatic rings. The van der Waals surface area contributed by atoms with Crippen LogP contribution in [0.2, 0.25) is 0 Å². The molecule has 2 aromatic rings. The average Bonchev–Trinajstić information content (AvgIpc) is 2.88. The summed E-state index contributed by atoms with van der Waals surface area (Å²) in [5, 5.41) is 4.10. The van der Waals surface area contributed by atoms with Crippen LogP contribution in [0.25, 0.3) is 0 Å². The molecule has 0 saturated carbocycles. The Kier molecular flexibility index (Phi) is 4.79. The molecule has 1 heterocycles. The van der Waals surface area contributed by atoms with Gasteiger partial charge in [0.05, 0.1) is 19.1 Å².